The molecule has 0 atom stereocenters. The van der Waals surface area contributed by atoms with Crippen LogP contribution in [0.3, 0.4) is 0 Å². The van der Waals surface area contributed by atoms with Crippen molar-refractivity contribution in [2.24, 2.45) is 46.7 Å². The number of aromatic nitrogens is 2. The van der Waals surface area contributed by atoms with Crippen LogP contribution in [-0.2, 0) is 15.6 Å². The molecule has 7 aromatic rings. The summed E-state index contributed by atoms with van der Waals surface area (Å²) in [5.74, 6) is 9.73. The second-order valence-corrected chi connectivity index (χ2v) is 26.3. The molecule has 10 rings (SSSR count). The molecule has 11 heteroatoms. The van der Waals surface area contributed by atoms with Crippen molar-refractivity contribution >= 4 is 23.5 Å². The number of nitrogens with one attached hydrogen (secondary N) is 2. The van der Waals surface area contributed by atoms with Crippen molar-refractivity contribution < 1.29 is 9.53 Å². The number of amides is 1. The number of benzene rings is 5. The van der Waals surface area contributed by atoms with Crippen LogP contribution in [0.4, 0.5) is 0 Å². The minimum atomic E-state index is -0.370. The lowest BCUT2D eigenvalue weighted by atomic mass is 9.75. The number of nitrogens with two attached hydrogens (primary N) is 4. The normalized spacial score (nSPS) is 15.0. The minimum absolute atomic E-state index is 0.216. The maximum atomic E-state index is 10.7. The van der Waals surface area contributed by atoms with E-state index >= 15 is 0 Å². The number of likely N-dealkylation sites (tertiary alicyclic amines) is 1. The summed E-state index contributed by atoms with van der Waals surface area (Å²) < 4.78 is 5.22. The minimum Gasteiger partial charge on any atom is -0.403 e. The molecular formula is C78H107N9O2. The van der Waals surface area contributed by atoms with Crippen LogP contribution in [0.25, 0.3) is 33.6 Å². The van der Waals surface area contributed by atoms with Gasteiger partial charge in [-0.3, -0.25) is 25.5 Å². The summed E-state index contributed by atoms with van der Waals surface area (Å²) in [7, 11) is 0. The molecule has 0 radical (unpaired) electrons. The molecule has 476 valence electrons. The third kappa shape index (κ3) is 21.8. The van der Waals surface area contributed by atoms with Gasteiger partial charge >= 0.3 is 0 Å². The van der Waals surface area contributed by atoms with Gasteiger partial charge in [0.15, 0.2) is 0 Å². The first kappa shape index (κ1) is 72.0. The number of ether oxygens (including phenoxy) is 1. The molecule has 2 aliphatic heterocycles. The van der Waals surface area contributed by atoms with Gasteiger partial charge in [-0.2, -0.15) is 0 Å². The summed E-state index contributed by atoms with van der Waals surface area (Å²) in [5.41, 5.74) is 35.0. The summed E-state index contributed by atoms with van der Waals surface area (Å²) in [6, 6.07) is 50.5. The van der Waals surface area contributed by atoms with E-state index in [1.807, 2.05) is 67.1 Å². The standard InChI is InChI=1S/C17H19N.C17H21N.C12H16N2.C11H17N3.C11H21NO.C10H13NO/c1-13(2)17(9-10-17)16-7-5-14(6-8-16)15-4-3-11-18-12-15;1-13(2)17(3,4)16-9-7-14(8-10-16)15-6-5-11-18-12-15;1-9(2)10-3-5-11(6-4-10)12(14)7-8-13;1-8(2)9-3-5-10(6-4-9)11(7-12)14-13;1-9(2)10-3-5-12(6-4-10)11-7-13-8-11;1-7(2)8-3-5-9(6-4-8)10(11)12/h3-8,11-13H,9-10H2,1-2H3;5-13H,1-4H3;3-9,13H,14H2,1-2H3;3-8,14H,12-13H2,1-2H3;9-11H,3-8H2,1-2H3;3-7H,1-2H3,(H2,11,12)/b;;;11-7-;;. The Labute approximate surface area is 535 Å². The number of rotatable bonds is 16. The molecule has 5 aromatic carbocycles. The molecule has 3 fully saturated rings. The Morgan fingerprint density at radius 2 is 1.06 bits per heavy atom. The summed E-state index contributed by atoms with van der Waals surface area (Å²) in [5, 5.41) is 6.91. The van der Waals surface area contributed by atoms with Gasteiger partial charge in [0.1, 0.15) is 0 Å². The first-order valence-corrected chi connectivity index (χ1v) is 32.2. The van der Waals surface area contributed by atoms with Gasteiger partial charge in [0.05, 0.1) is 25.0 Å². The number of primary amides is 1. The molecule has 0 spiro atoms. The van der Waals surface area contributed by atoms with E-state index in [1.54, 1.807) is 24.4 Å². The molecule has 1 amide bonds. The smallest absolute Gasteiger partial charge is 0.248 e. The average molecular weight is 1200 g/mol. The molecular weight excluding hydrogens is 1090 g/mol. The highest BCUT2D eigenvalue weighted by atomic mass is 16.5. The quantitative estimate of drug-likeness (QED) is 0.0310. The summed E-state index contributed by atoms with van der Waals surface area (Å²) in [4.78, 5) is 21.7. The summed E-state index contributed by atoms with van der Waals surface area (Å²) in [6.45, 7) is 36.0. The number of hydrogen-bond acceptors (Lipinski definition) is 10. The van der Waals surface area contributed by atoms with Crippen LogP contribution in [0.15, 0.2) is 183 Å². The third-order valence-corrected chi connectivity index (χ3v) is 18.3. The Morgan fingerprint density at radius 3 is 1.38 bits per heavy atom. The zero-order valence-corrected chi connectivity index (χ0v) is 56.1. The third-order valence-electron chi connectivity index (χ3n) is 18.3. The van der Waals surface area contributed by atoms with Crippen LogP contribution >= 0.6 is 0 Å². The highest BCUT2D eigenvalue weighted by molar-refractivity contribution is 5.92. The van der Waals surface area contributed by atoms with Gasteiger partial charge in [-0.15, -0.1) is 0 Å². The van der Waals surface area contributed by atoms with E-state index in [-0.39, 0.29) is 11.3 Å². The fraction of sp³-hybridized carbons (Fsp3) is 0.410. The number of carbonyl (C=O) groups excluding carboxylic acids is 1. The number of nitrogens with zero attached hydrogens (tertiary/aromatic N) is 3. The number of hydrogen-bond donors (Lipinski definition) is 6. The van der Waals surface area contributed by atoms with Crippen LogP contribution in [0.5, 0.6) is 0 Å². The molecule has 1 saturated carbocycles. The second kappa shape index (κ2) is 35.5. The molecule has 4 heterocycles. The number of pyridine rings is 2. The van der Waals surface area contributed by atoms with E-state index in [4.69, 9.17) is 33.2 Å². The van der Waals surface area contributed by atoms with Crippen molar-refractivity contribution in [1.29, 1.82) is 5.41 Å². The molecule has 1 aliphatic carbocycles. The zero-order valence-electron chi connectivity index (χ0n) is 56.1. The zero-order chi connectivity index (χ0) is 65.3. The number of allylic oxidation sites excluding steroid dienone is 1. The van der Waals surface area contributed by atoms with Crippen molar-refractivity contribution in [3.8, 4) is 22.3 Å². The van der Waals surface area contributed by atoms with Gasteiger partial charge in [0.2, 0.25) is 5.91 Å². The molecule has 0 unspecified atom stereocenters. The van der Waals surface area contributed by atoms with Crippen molar-refractivity contribution in [2.75, 3.05) is 26.3 Å². The van der Waals surface area contributed by atoms with Gasteiger partial charge in [-0.05, 0) is 177 Å². The molecule has 11 nitrogen and oxygen atoms in total. The van der Waals surface area contributed by atoms with Crippen LogP contribution in [0.2, 0.25) is 0 Å². The second-order valence-electron chi connectivity index (χ2n) is 26.3. The van der Waals surface area contributed by atoms with Crippen molar-refractivity contribution in [3.63, 3.8) is 0 Å². The van der Waals surface area contributed by atoms with Crippen LogP contribution in [0, 0.1) is 29.1 Å². The van der Waals surface area contributed by atoms with Crippen LogP contribution in [0.1, 0.15) is 190 Å². The Bertz CT molecular complexity index is 3070. The highest BCUT2D eigenvalue weighted by Crippen LogP contribution is 2.54. The molecule has 0 bridgehead atoms. The Hall–Kier alpha value is -7.70. The van der Waals surface area contributed by atoms with Crippen LogP contribution in [-0.4, -0.2) is 59.3 Å². The molecule has 3 aliphatic rings. The van der Waals surface area contributed by atoms with Gasteiger partial charge in [-0.25, -0.2) is 0 Å². The Morgan fingerprint density at radius 1 is 0.618 bits per heavy atom. The molecule has 89 heavy (non-hydrogen) atoms. The lowest BCUT2D eigenvalue weighted by Gasteiger charge is -2.42. The van der Waals surface area contributed by atoms with E-state index in [0.717, 1.165) is 53.8 Å². The maximum absolute atomic E-state index is 10.7. The van der Waals surface area contributed by atoms with Gasteiger partial charge < -0.3 is 32.8 Å². The first-order chi connectivity index (χ1) is 42.4. The van der Waals surface area contributed by atoms with Gasteiger partial charge in [-0.1, -0.05) is 218 Å². The fourth-order valence-corrected chi connectivity index (χ4v) is 10.8. The largest absolute Gasteiger partial charge is 0.403 e. The SMILES string of the molecule is CC(C)C(C)(C)c1ccc(-c2cccnc2)cc1.CC(C)C1(c2ccc(-c3cccnc3)cc2)CC1.CC(C)C1CCN(C2COC2)CC1.CC(C)c1ccc(/C(=C/N)NN)cc1.CC(C)c1ccc(C(N)=CC=N)cc1.CC(C)c1ccc(C(N)=O)cc1. The van der Waals surface area contributed by atoms with Crippen molar-refractivity contribution in [1.82, 2.24) is 20.3 Å². The van der Waals surface area contributed by atoms with E-state index in [1.165, 1.54) is 101 Å². The number of carbonyl (C=O) groups is 1. The van der Waals surface area contributed by atoms with Gasteiger partial charge in [0, 0.05) is 54.0 Å². The lowest BCUT2D eigenvalue weighted by Crippen LogP contribution is -2.52. The molecule has 2 saturated heterocycles. The average Bonchev–Trinajstić information content (AvgIpc) is 1.73. The first-order valence-electron chi connectivity index (χ1n) is 32.2. The Kier molecular flexibility index (Phi) is 28.7. The summed E-state index contributed by atoms with van der Waals surface area (Å²) >= 11 is 0. The van der Waals surface area contributed by atoms with E-state index in [2.05, 4.69) is 202 Å². The van der Waals surface area contributed by atoms with E-state index in [9.17, 15) is 4.79 Å². The monoisotopic (exact) mass is 1200 g/mol. The Balaban J connectivity index is 0.000000196. The predicted molar refractivity (Wildman–Crippen MR) is 377 cm³/mol. The lowest BCUT2D eigenvalue weighted by molar-refractivity contribution is -0.0753. The number of piperidine rings is 1. The van der Waals surface area contributed by atoms with Crippen LogP contribution < -0.4 is 28.5 Å². The van der Waals surface area contributed by atoms with E-state index in [0.29, 0.717) is 40.3 Å². The summed E-state index contributed by atoms with van der Waals surface area (Å²) in [6.07, 6.45) is 17.2. The molecule has 10 N–H and O–H groups in total. The topological polar surface area (TPSA) is 195 Å². The number of hydrazine groups is 1. The van der Waals surface area contributed by atoms with Gasteiger partial charge in [0.25, 0.3) is 0 Å². The molecule has 2 aromatic heterocycles. The predicted octanol–water partition coefficient (Wildman–Crippen LogP) is 17.1. The maximum Gasteiger partial charge on any atom is 0.248 e. The fourth-order valence-electron chi connectivity index (χ4n) is 10.8. The van der Waals surface area contributed by atoms with Crippen molar-refractivity contribution in [3.05, 3.63) is 227 Å². The highest BCUT2D eigenvalue weighted by Gasteiger charge is 2.46. The van der Waals surface area contributed by atoms with E-state index < -0.39 is 0 Å². The van der Waals surface area contributed by atoms with Crippen molar-refractivity contribution in [2.45, 2.75) is 157 Å².